The molecule has 0 spiro atoms. The fourth-order valence-electron chi connectivity index (χ4n) is 2.55. The molecule has 92 valence electrons. The number of aromatic nitrogens is 1. The van der Waals surface area contributed by atoms with Crippen molar-refractivity contribution >= 4 is 16.5 Å². The van der Waals surface area contributed by atoms with Crippen LogP contribution in [0.15, 0.2) is 30.3 Å². The van der Waals surface area contributed by atoms with Crippen molar-refractivity contribution in [2.24, 2.45) is 13.0 Å². The molecule has 1 aromatic heterocycles. The highest BCUT2D eigenvalue weighted by Gasteiger charge is 2.15. The minimum atomic E-state index is 0.481. The standard InChI is InChI=1S/C16H18N2/c1-11(2)9-12(3)16-14(10-17)13-7-5-6-8-15(13)18(16)4/h5-9,11H,1-4H3/b12-9+. The van der Waals surface area contributed by atoms with Gasteiger partial charge >= 0.3 is 0 Å². The van der Waals surface area contributed by atoms with Crippen LogP contribution in [0.25, 0.3) is 16.5 Å². The number of nitriles is 1. The van der Waals surface area contributed by atoms with Gasteiger partial charge < -0.3 is 4.57 Å². The monoisotopic (exact) mass is 238 g/mol. The normalized spacial score (nSPS) is 12.1. The Hall–Kier alpha value is -2.01. The van der Waals surface area contributed by atoms with Crippen molar-refractivity contribution in [3.05, 3.63) is 41.6 Å². The van der Waals surface area contributed by atoms with Crippen LogP contribution >= 0.6 is 0 Å². The second kappa shape index (κ2) is 4.70. The summed E-state index contributed by atoms with van der Waals surface area (Å²) in [5.74, 6) is 0.481. The van der Waals surface area contributed by atoms with Crippen molar-refractivity contribution in [3.63, 3.8) is 0 Å². The molecular weight excluding hydrogens is 220 g/mol. The maximum Gasteiger partial charge on any atom is 0.102 e. The summed E-state index contributed by atoms with van der Waals surface area (Å²) in [6.07, 6.45) is 2.20. The predicted octanol–water partition coefficient (Wildman–Crippen LogP) is 4.11. The van der Waals surface area contributed by atoms with Gasteiger partial charge in [0.05, 0.1) is 11.3 Å². The summed E-state index contributed by atoms with van der Waals surface area (Å²) in [7, 11) is 2.02. The van der Waals surface area contributed by atoms with Crippen LogP contribution in [-0.4, -0.2) is 4.57 Å². The Labute approximate surface area is 108 Å². The third kappa shape index (κ3) is 1.93. The number of hydrogen-bond acceptors (Lipinski definition) is 1. The summed E-state index contributed by atoms with van der Waals surface area (Å²) in [5.41, 5.74) is 4.09. The van der Waals surface area contributed by atoms with Crippen molar-refractivity contribution < 1.29 is 0 Å². The van der Waals surface area contributed by atoms with Crippen LogP contribution in [0.2, 0.25) is 0 Å². The molecule has 1 aromatic carbocycles. The summed E-state index contributed by atoms with van der Waals surface area (Å²) in [4.78, 5) is 0. The van der Waals surface area contributed by atoms with Crippen LogP contribution in [0.5, 0.6) is 0 Å². The zero-order chi connectivity index (χ0) is 13.3. The van der Waals surface area contributed by atoms with Gasteiger partial charge in [0.2, 0.25) is 0 Å². The summed E-state index contributed by atoms with van der Waals surface area (Å²) >= 11 is 0. The van der Waals surface area contributed by atoms with Gasteiger partial charge in [-0.05, 0) is 24.5 Å². The van der Waals surface area contributed by atoms with E-state index in [1.807, 2.05) is 25.2 Å². The Bertz CT molecular complexity index is 652. The number of benzene rings is 1. The highest BCUT2D eigenvalue weighted by Crippen LogP contribution is 2.29. The van der Waals surface area contributed by atoms with Crippen molar-refractivity contribution in [1.82, 2.24) is 4.57 Å². The quantitative estimate of drug-likeness (QED) is 0.774. The molecule has 2 aromatic rings. The smallest absolute Gasteiger partial charge is 0.102 e. The molecule has 2 heteroatoms. The maximum absolute atomic E-state index is 9.42. The second-order valence-corrected chi connectivity index (χ2v) is 5.01. The van der Waals surface area contributed by atoms with Crippen LogP contribution in [0.3, 0.4) is 0 Å². The zero-order valence-corrected chi connectivity index (χ0v) is 11.4. The van der Waals surface area contributed by atoms with E-state index in [0.29, 0.717) is 5.92 Å². The van der Waals surface area contributed by atoms with E-state index in [0.717, 1.165) is 22.2 Å². The first kappa shape index (κ1) is 12.4. The average Bonchev–Trinajstić information content (AvgIpc) is 2.62. The Balaban J connectivity index is 2.79. The first-order valence-electron chi connectivity index (χ1n) is 6.22. The minimum absolute atomic E-state index is 0.481. The third-order valence-corrected chi connectivity index (χ3v) is 3.18. The molecule has 0 bridgehead atoms. The largest absolute Gasteiger partial charge is 0.343 e. The highest BCUT2D eigenvalue weighted by atomic mass is 14.9. The Morgan fingerprint density at radius 2 is 2.00 bits per heavy atom. The summed E-state index contributed by atoms with van der Waals surface area (Å²) < 4.78 is 2.11. The van der Waals surface area contributed by atoms with Gasteiger partial charge in [-0.1, -0.05) is 38.1 Å². The van der Waals surface area contributed by atoms with Crippen molar-refractivity contribution in [3.8, 4) is 6.07 Å². The lowest BCUT2D eigenvalue weighted by molar-refractivity contribution is 0.829. The number of rotatable bonds is 2. The third-order valence-electron chi connectivity index (χ3n) is 3.18. The van der Waals surface area contributed by atoms with Crippen molar-refractivity contribution in [2.75, 3.05) is 0 Å². The van der Waals surface area contributed by atoms with Crippen LogP contribution in [-0.2, 0) is 7.05 Å². The van der Waals surface area contributed by atoms with Gasteiger partial charge in [0.25, 0.3) is 0 Å². The second-order valence-electron chi connectivity index (χ2n) is 5.01. The van der Waals surface area contributed by atoms with E-state index in [9.17, 15) is 5.26 Å². The van der Waals surface area contributed by atoms with E-state index in [1.54, 1.807) is 0 Å². The number of para-hydroxylation sites is 1. The SMILES string of the molecule is C/C(=C\C(C)C)c1c(C#N)c2ccccc2n1C. The van der Waals surface area contributed by atoms with Gasteiger partial charge in [0.1, 0.15) is 6.07 Å². The molecular formula is C16H18N2. The Morgan fingerprint density at radius 3 is 2.61 bits per heavy atom. The van der Waals surface area contributed by atoms with Crippen LogP contribution < -0.4 is 0 Å². The van der Waals surface area contributed by atoms with E-state index in [4.69, 9.17) is 0 Å². The molecule has 2 nitrogen and oxygen atoms in total. The number of hydrogen-bond donors (Lipinski definition) is 0. The molecule has 18 heavy (non-hydrogen) atoms. The molecule has 0 atom stereocenters. The summed E-state index contributed by atoms with van der Waals surface area (Å²) in [6, 6.07) is 10.4. The van der Waals surface area contributed by atoms with Crippen molar-refractivity contribution in [1.29, 1.82) is 5.26 Å². The lowest BCUT2D eigenvalue weighted by Gasteiger charge is -2.07. The van der Waals surface area contributed by atoms with Gasteiger partial charge in [0, 0.05) is 18.0 Å². The molecule has 0 saturated carbocycles. The highest BCUT2D eigenvalue weighted by molar-refractivity contribution is 5.92. The number of nitrogens with zero attached hydrogens (tertiary/aromatic N) is 2. The number of aryl methyl sites for hydroxylation is 1. The first-order chi connectivity index (χ1) is 8.56. The molecule has 0 aliphatic rings. The molecule has 2 rings (SSSR count). The predicted molar refractivity (Wildman–Crippen MR) is 76.1 cm³/mol. The molecule has 0 fully saturated rings. The molecule has 0 saturated heterocycles. The Kier molecular flexibility index (Phi) is 3.25. The average molecular weight is 238 g/mol. The van der Waals surface area contributed by atoms with E-state index >= 15 is 0 Å². The molecule has 0 aliphatic carbocycles. The Morgan fingerprint density at radius 1 is 1.33 bits per heavy atom. The van der Waals surface area contributed by atoms with Crippen LogP contribution in [0.1, 0.15) is 32.0 Å². The molecule has 0 N–H and O–H groups in total. The van der Waals surface area contributed by atoms with Crippen LogP contribution in [0.4, 0.5) is 0 Å². The van der Waals surface area contributed by atoms with Crippen molar-refractivity contribution in [2.45, 2.75) is 20.8 Å². The summed E-state index contributed by atoms with van der Waals surface area (Å²) in [5, 5.41) is 10.5. The van der Waals surface area contributed by atoms with E-state index in [-0.39, 0.29) is 0 Å². The molecule has 1 heterocycles. The summed E-state index contributed by atoms with van der Waals surface area (Å²) in [6.45, 7) is 6.38. The molecule has 0 amide bonds. The first-order valence-corrected chi connectivity index (χ1v) is 6.22. The van der Waals surface area contributed by atoms with E-state index in [1.165, 1.54) is 5.57 Å². The zero-order valence-electron chi connectivity index (χ0n) is 11.4. The lowest BCUT2D eigenvalue weighted by Crippen LogP contribution is -1.96. The van der Waals surface area contributed by atoms with Gasteiger partial charge in [0.15, 0.2) is 0 Å². The number of fused-ring (bicyclic) bond motifs is 1. The van der Waals surface area contributed by atoms with Crippen LogP contribution in [0, 0.1) is 17.2 Å². The van der Waals surface area contributed by atoms with Gasteiger partial charge in [-0.3, -0.25) is 0 Å². The fraction of sp³-hybridized carbons (Fsp3) is 0.312. The van der Waals surface area contributed by atoms with Gasteiger partial charge in [-0.15, -0.1) is 0 Å². The maximum atomic E-state index is 9.42. The molecule has 0 unspecified atom stereocenters. The van der Waals surface area contributed by atoms with E-state index < -0.39 is 0 Å². The van der Waals surface area contributed by atoms with Gasteiger partial charge in [-0.25, -0.2) is 0 Å². The molecule has 0 radical (unpaired) electrons. The number of allylic oxidation sites excluding steroid dienone is 2. The van der Waals surface area contributed by atoms with E-state index in [2.05, 4.69) is 43.5 Å². The minimum Gasteiger partial charge on any atom is -0.343 e. The van der Waals surface area contributed by atoms with Gasteiger partial charge in [-0.2, -0.15) is 5.26 Å². The fourth-order valence-corrected chi connectivity index (χ4v) is 2.55. The topological polar surface area (TPSA) is 28.7 Å². The lowest BCUT2D eigenvalue weighted by atomic mass is 10.0. The molecule has 0 aliphatic heterocycles.